The zero-order valence-electron chi connectivity index (χ0n) is 17.0. The number of carbonyl (C=O) groups is 2. The molecule has 2 amide bonds. The maximum atomic E-state index is 13.0. The van der Waals surface area contributed by atoms with Crippen LogP contribution in [0.2, 0.25) is 0 Å². The highest BCUT2D eigenvalue weighted by atomic mass is 19.4. The Hall–Kier alpha value is -3.23. The van der Waals surface area contributed by atoms with Crippen LogP contribution < -0.4 is 15.4 Å². The monoisotopic (exact) mass is 424 g/mol. The molecule has 0 saturated heterocycles. The van der Waals surface area contributed by atoms with Gasteiger partial charge in [-0.15, -0.1) is 0 Å². The first-order valence-electron chi connectivity index (χ1n) is 9.09. The molecule has 0 aromatic heterocycles. The summed E-state index contributed by atoms with van der Waals surface area (Å²) >= 11 is 0. The van der Waals surface area contributed by atoms with Crippen LogP contribution in [-0.2, 0) is 15.7 Å². The second kappa shape index (κ2) is 9.06. The molecule has 9 heteroatoms. The lowest BCUT2D eigenvalue weighted by molar-refractivity contribution is -0.140. The fraction of sp³-hybridized carbons (Fsp3) is 0.333. The molecule has 1 unspecified atom stereocenters. The molecule has 0 radical (unpaired) electrons. The lowest BCUT2D eigenvalue weighted by atomic mass is 10.2. The number of hydrogen-bond acceptors (Lipinski definition) is 4. The van der Waals surface area contributed by atoms with Crippen LogP contribution >= 0.6 is 0 Å². The van der Waals surface area contributed by atoms with E-state index >= 15 is 0 Å². The van der Waals surface area contributed by atoms with E-state index in [1.165, 1.54) is 31.2 Å². The Morgan fingerprint density at radius 1 is 0.900 bits per heavy atom. The minimum Gasteiger partial charge on any atom is -0.480 e. The first-order chi connectivity index (χ1) is 13.8. The van der Waals surface area contributed by atoms with Crippen molar-refractivity contribution in [2.24, 2.45) is 0 Å². The Balaban J connectivity index is 1.97. The Bertz CT molecular complexity index is 890. The first-order valence-corrected chi connectivity index (χ1v) is 9.09. The SMILES string of the molecule is CC(Oc1ccccc1C(F)(F)F)C(=O)Nc1ccc(NC(=O)OC(C)(C)C)cc1. The molecule has 2 N–H and O–H groups in total. The average molecular weight is 424 g/mol. The number of para-hydroxylation sites is 1. The molecule has 6 nitrogen and oxygen atoms in total. The van der Waals surface area contributed by atoms with Crippen molar-refractivity contribution in [2.75, 3.05) is 10.6 Å². The van der Waals surface area contributed by atoms with Crippen LogP contribution in [0.3, 0.4) is 0 Å². The molecule has 1 atom stereocenters. The van der Waals surface area contributed by atoms with Gasteiger partial charge in [-0.2, -0.15) is 13.2 Å². The number of hydrogen-bond donors (Lipinski definition) is 2. The summed E-state index contributed by atoms with van der Waals surface area (Å²) in [5.41, 5.74) is -0.763. The van der Waals surface area contributed by atoms with E-state index in [-0.39, 0.29) is 0 Å². The van der Waals surface area contributed by atoms with Crippen LogP contribution in [0.4, 0.5) is 29.3 Å². The smallest absolute Gasteiger partial charge is 0.419 e. The Morgan fingerprint density at radius 2 is 1.43 bits per heavy atom. The zero-order chi connectivity index (χ0) is 22.5. The van der Waals surface area contributed by atoms with Crippen molar-refractivity contribution in [3.63, 3.8) is 0 Å². The molecular weight excluding hydrogens is 401 g/mol. The minimum atomic E-state index is -4.59. The molecule has 0 aliphatic rings. The summed E-state index contributed by atoms with van der Waals surface area (Å²) in [6.07, 6.45) is -6.39. The van der Waals surface area contributed by atoms with Crippen LogP contribution in [0.1, 0.15) is 33.3 Å². The third-order valence-corrected chi connectivity index (χ3v) is 3.66. The van der Waals surface area contributed by atoms with Crippen molar-refractivity contribution in [1.29, 1.82) is 0 Å². The van der Waals surface area contributed by atoms with Gasteiger partial charge in [-0.25, -0.2) is 4.79 Å². The molecule has 0 aliphatic heterocycles. The van der Waals surface area contributed by atoms with Gasteiger partial charge in [-0.1, -0.05) is 12.1 Å². The van der Waals surface area contributed by atoms with Crippen LogP contribution in [0.25, 0.3) is 0 Å². The van der Waals surface area contributed by atoms with Gasteiger partial charge in [0, 0.05) is 11.4 Å². The van der Waals surface area contributed by atoms with Crippen LogP contribution in [0, 0.1) is 0 Å². The minimum absolute atomic E-state index is 0.384. The maximum Gasteiger partial charge on any atom is 0.419 e. The number of rotatable bonds is 5. The van der Waals surface area contributed by atoms with Gasteiger partial charge in [0.15, 0.2) is 6.10 Å². The molecule has 0 spiro atoms. The topological polar surface area (TPSA) is 76.7 Å². The number of amides is 2. The van der Waals surface area contributed by atoms with Crippen LogP contribution in [0.5, 0.6) is 5.75 Å². The Labute approximate surface area is 172 Å². The summed E-state index contributed by atoms with van der Waals surface area (Å²) < 4.78 is 49.5. The van der Waals surface area contributed by atoms with Gasteiger partial charge in [0.05, 0.1) is 5.56 Å². The highest BCUT2D eigenvalue weighted by Gasteiger charge is 2.34. The Kier molecular flexibility index (Phi) is 6.96. The number of benzene rings is 2. The van der Waals surface area contributed by atoms with E-state index < -0.39 is 41.2 Å². The van der Waals surface area contributed by atoms with Gasteiger partial charge in [0.25, 0.3) is 5.91 Å². The number of carbonyl (C=O) groups excluding carboxylic acids is 2. The Morgan fingerprint density at radius 3 is 1.97 bits per heavy atom. The standard InChI is InChI=1S/C21H23F3N2O4/c1-13(29-17-8-6-5-7-16(17)21(22,23)24)18(27)25-14-9-11-15(12-10-14)26-19(28)30-20(2,3)4/h5-13H,1-4H3,(H,25,27)(H,26,28). The van der Waals surface area contributed by atoms with Crippen molar-refractivity contribution in [3.8, 4) is 5.75 Å². The summed E-state index contributed by atoms with van der Waals surface area (Å²) in [5.74, 6) is -1.05. The summed E-state index contributed by atoms with van der Waals surface area (Å²) in [6, 6.07) is 10.8. The highest BCUT2D eigenvalue weighted by molar-refractivity contribution is 5.94. The molecule has 0 saturated carbocycles. The second-order valence-corrected chi connectivity index (χ2v) is 7.45. The van der Waals surface area contributed by atoms with Gasteiger partial charge in [0.2, 0.25) is 0 Å². The summed E-state index contributed by atoms with van der Waals surface area (Å²) in [6.45, 7) is 6.56. The van der Waals surface area contributed by atoms with E-state index in [0.717, 1.165) is 12.1 Å². The van der Waals surface area contributed by atoms with E-state index in [2.05, 4.69) is 10.6 Å². The van der Waals surface area contributed by atoms with E-state index in [1.807, 2.05) is 0 Å². The second-order valence-electron chi connectivity index (χ2n) is 7.45. The van der Waals surface area contributed by atoms with Crippen molar-refractivity contribution < 1.29 is 32.2 Å². The van der Waals surface area contributed by atoms with Gasteiger partial charge in [-0.3, -0.25) is 10.1 Å². The maximum absolute atomic E-state index is 13.0. The quantitative estimate of drug-likeness (QED) is 0.668. The van der Waals surface area contributed by atoms with Gasteiger partial charge >= 0.3 is 12.3 Å². The summed E-state index contributed by atoms with van der Waals surface area (Å²) in [4.78, 5) is 24.0. The predicted octanol–water partition coefficient (Wildman–Crippen LogP) is 5.46. The number of anilines is 2. The lowest BCUT2D eigenvalue weighted by Gasteiger charge is -2.20. The molecule has 0 heterocycles. The van der Waals surface area contributed by atoms with Gasteiger partial charge in [-0.05, 0) is 64.1 Å². The molecule has 0 bridgehead atoms. The highest BCUT2D eigenvalue weighted by Crippen LogP contribution is 2.36. The van der Waals surface area contributed by atoms with Crippen molar-refractivity contribution in [1.82, 2.24) is 0 Å². The number of halogens is 3. The molecule has 2 aromatic rings. The normalized spacial score (nSPS) is 12.6. The van der Waals surface area contributed by atoms with E-state index in [1.54, 1.807) is 32.9 Å². The van der Waals surface area contributed by atoms with Crippen LogP contribution in [-0.4, -0.2) is 23.7 Å². The molecule has 162 valence electrons. The summed E-state index contributed by atoms with van der Waals surface area (Å²) in [5, 5.41) is 5.10. The number of nitrogens with one attached hydrogen (secondary N) is 2. The molecular formula is C21H23F3N2O4. The predicted molar refractivity (Wildman–Crippen MR) is 106 cm³/mol. The molecule has 2 rings (SSSR count). The molecule has 0 fully saturated rings. The molecule has 30 heavy (non-hydrogen) atoms. The van der Waals surface area contributed by atoms with Gasteiger partial charge < -0.3 is 14.8 Å². The van der Waals surface area contributed by atoms with Crippen molar-refractivity contribution >= 4 is 23.4 Å². The first kappa shape index (κ1) is 23.1. The average Bonchev–Trinajstić information content (AvgIpc) is 2.61. The largest absolute Gasteiger partial charge is 0.480 e. The van der Waals surface area contributed by atoms with E-state index in [4.69, 9.17) is 9.47 Å². The number of ether oxygens (including phenoxy) is 2. The van der Waals surface area contributed by atoms with Crippen molar-refractivity contribution in [3.05, 3.63) is 54.1 Å². The fourth-order valence-corrected chi connectivity index (χ4v) is 2.35. The third kappa shape index (κ3) is 6.98. The zero-order valence-corrected chi connectivity index (χ0v) is 17.0. The van der Waals surface area contributed by atoms with Gasteiger partial charge in [0.1, 0.15) is 11.4 Å². The van der Waals surface area contributed by atoms with E-state index in [0.29, 0.717) is 11.4 Å². The molecule has 0 aliphatic carbocycles. The lowest BCUT2D eigenvalue weighted by Crippen LogP contribution is -2.30. The molecule has 2 aromatic carbocycles. The van der Waals surface area contributed by atoms with Crippen LogP contribution in [0.15, 0.2) is 48.5 Å². The number of alkyl halides is 3. The third-order valence-electron chi connectivity index (χ3n) is 3.66. The fourth-order valence-electron chi connectivity index (χ4n) is 2.35. The van der Waals surface area contributed by atoms with Crippen molar-refractivity contribution in [2.45, 2.75) is 45.6 Å². The van der Waals surface area contributed by atoms with E-state index in [9.17, 15) is 22.8 Å². The summed E-state index contributed by atoms with van der Waals surface area (Å²) in [7, 11) is 0.